The van der Waals surface area contributed by atoms with Crippen LogP contribution in [0.3, 0.4) is 0 Å². The van der Waals surface area contributed by atoms with Gasteiger partial charge in [-0.25, -0.2) is 0 Å². The van der Waals surface area contributed by atoms with Crippen LogP contribution in [-0.2, 0) is 0 Å². The SMILES string of the molecule is O=C(c1cccs1)c1c2ccccc2cc2ccccc12. The van der Waals surface area contributed by atoms with Crippen molar-refractivity contribution in [3.8, 4) is 0 Å². The third kappa shape index (κ3) is 1.96. The van der Waals surface area contributed by atoms with Gasteiger partial charge in [-0.2, -0.15) is 0 Å². The predicted octanol–water partition coefficient (Wildman–Crippen LogP) is 5.29. The molecule has 1 heterocycles. The molecule has 4 rings (SSSR count). The van der Waals surface area contributed by atoms with Crippen molar-refractivity contribution in [1.29, 1.82) is 0 Å². The standard InChI is InChI=1S/C19H12OS/c20-19(17-10-5-11-21-17)18-15-8-3-1-6-13(15)12-14-7-2-4-9-16(14)18/h1-12H. The maximum absolute atomic E-state index is 12.9. The lowest BCUT2D eigenvalue weighted by atomic mass is 9.94. The zero-order valence-electron chi connectivity index (χ0n) is 11.2. The maximum atomic E-state index is 12.9. The predicted molar refractivity (Wildman–Crippen MR) is 89.2 cm³/mol. The number of ketones is 1. The summed E-state index contributed by atoms with van der Waals surface area (Å²) >= 11 is 1.49. The molecule has 0 saturated heterocycles. The van der Waals surface area contributed by atoms with Gasteiger partial charge in [0.1, 0.15) is 0 Å². The van der Waals surface area contributed by atoms with Crippen LogP contribution in [0.2, 0.25) is 0 Å². The molecule has 0 fully saturated rings. The van der Waals surface area contributed by atoms with Gasteiger partial charge in [0.2, 0.25) is 5.78 Å². The summed E-state index contributed by atoms with van der Waals surface area (Å²) in [4.78, 5) is 13.7. The second-order valence-corrected chi connectivity index (χ2v) is 5.95. The molecule has 0 bridgehead atoms. The van der Waals surface area contributed by atoms with Gasteiger partial charge in [0.15, 0.2) is 0 Å². The molecule has 1 aromatic heterocycles. The molecule has 0 aliphatic carbocycles. The average molecular weight is 288 g/mol. The lowest BCUT2D eigenvalue weighted by Gasteiger charge is -2.10. The number of carbonyl (C=O) groups excluding carboxylic acids is 1. The summed E-state index contributed by atoms with van der Waals surface area (Å²) in [6, 6.07) is 22.1. The Labute approximate surface area is 126 Å². The van der Waals surface area contributed by atoms with E-state index >= 15 is 0 Å². The maximum Gasteiger partial charge on any atom is 0.204 e. The fourth-order valence-corrected chi connectivity index (χ4v) is 3.46. The van der Waals surface area contributed by atoms with Crippen molar-refractivity contribution in [2.24, 2.45) is 0 Å². The normalized spacial score (nSPS) is 11.0. The topological polar surface area (TPSA) is 17.1 Å². The fourth-order valence-electron chi connectivity index (χ4n) is 2.79. The molecule has 3 aromatic carbocycles. The number of hydrogen-bond donors (Lipinski definition) is 0. The monoisotopic (exact) mass is 288 g/mol. The summed E-state index contributed by atoms with van der Waals surface area (Å²) in [7, 11) is 0. The minimum Gasteiger partial charge on any atom is -0.288 e. The average Bonchev–Trinajstić information content (AvgIpc) is 3.06. The molecule has 0 radical (unpaired) electrons. The minimum atomic E-state index is 0.109. The van der Waals surface area contributed by atoms with E-state index in [9.17, 15) is 4.79 Å². The van der Waals surface area contributed by atoms with Gasteiger partial charge in [0, 0.05) is 5.56 Å². The van der Waals surface area contributed by atoms with Crippen LogP contribution < -0.4 is 0 Å². The number of rotatable bonds is 2. The minimum absolute atomic E-state index is 0.109. The second kappa shape index (κ2) is 4.83. The molecular weight excluding hydrogens is 276 g/mol. The van der Waals surface area contributed by atoms with Gasteiger partial charge >= 0.3 is 0 Å². The van der Waals surface area contributed by atoms with Crippen LogP contribution in [0.25, 0.3) is 21.5 Å². The van der Waals surface area contributed by atoms with Gasteiger partial charge in [-0.15, -0.1) is 11.3 Å². The van der Waals surface area contributed by atoms with Gasteiger partial charge in [-0.3, -0.25) is 4.79 Å². The van der Waals surface area contributed by atoms with E-state index in [-0.39, 0.29) is 5.78 Å². The highest BCUT2D eigenvalue weighted by atomic mass is 32.1. The highest BCUT2D eigenvalue weighted by Gasteiger charge is 2.16. The molecule has 0 aliphatic heterocycles. The van der Waals surface area contributed by atoms with Gasteiger partial charge < -0.3 is 0 Å². The van der Waals surface area contributed by atoms with Crippen LogP contribution in [0.4, 0.5) is 0 Å². The molecule has 100 valence electrons. The van der Waals surface area contributed by atoms with Crippen LogP contribution in [-0.4, -0.2) is 5.78 Å². The Morgan fingerprint density at radius 1 is 0.762 bits per heavy atom. The molecule has 21 heavy (non-hydrogen) atoms. The molecule has 0 aliphatic rings. The van der Waals surface area contributed by atoms with E-state index in [0.717, 1.165) is 32.0 Å². The fraction of sp³-hybridized carbons (Fsp3) is 0. The molecule has 1 nitrogen and oxygen atoms in total. The summed E-state index contributed by atoms with van der Waals surface area (Å²) in [6.45, 7) is 0. The van der Waals surface area contributed by atoms with Gasteiger partial charge in [-0.05, 0) is 39.1 Å². The van der Waals surface area contributed by atoms with Gasteiger partial charge in [0.05, 0.1) is 4.88 Å². The van der Waals surface area contributed by atoms with Crippen LogP contribution in [0.5, 0.6) is 0 Å². The Balaban J connectivity index is 2.14. The molecular formula is C19H12OS. The van der Waals surface area contributed by atoms with Crippen LogP contribution >= 0.6 is 11.3 Å². The number of carbonyl (C=O) groups is 1. The van der Waals surface area contributed by atoms with Crippen LogP contribution in [0.1, 0.15) is 15.2 Å². The molecule has 0 atom stereocenters. The number of thiophene rings is 1. The Morgan fingerprint density at radius 3 is 1.95 bits per heavy atom. The van der Waals surface area contributed by atoms with Gasteiger partial charge in [0.25, 0.3) is 0 Å². The van der Waals surface area contributed by atoms with Crippen LogP contribution in [0, 0.1) is 0 Å². The lowest BCUT2D eigenvalue weighted by Crippen LogP contribution is -2.01. The Bertz CT molecular complexity index is 898. The lowest BCUT2D eigenvalue weighted by molar-refractivity contribution is 0.104. The first-order chi connectivity index (χ1) is 10.3. The molecule has 0 spiro atoms. The smallest absolute Gasteiger partial charge is 0.204 e. The van der Waals surface area contributed by atoms with E-state index < -0.39 is 0 Å². The highest BCUT2D eigenvalue weighted by Crippen LogP contribution is 2.31. The summed E-state index contributed by atoms with van der Waals surface area (Å²) in [5, 5.41) is 6.21. The van der Waals surface area contributed by atoms with Crippen molar-refractivity contribution in [3.63, 3.8) is 0 Å². The number of fused-ring (bicyclic) bond motifs is 2. The van der Waals surface area contributed by atoms with Crippen molar-refractivity contribution in [2.45, 2.75) is 0 Å². The third-order valence-electron chi connectivity index (χ3n) is 3.74. The summed E-state index contributed by atoms with van der Waals surface area (Å²) in [5.41, 5.74) is 0.811. The van der Waals surface area contributed by atoms with Crippen molar-refractivity contribution in [1.82, 2.24) is 0 Å². The molecule has 2 heteroatoms. The Kier molecular flexibility index (Phi) is 2.83. The summed E-state index contributed by atoms with van der Waals surface area (Å²) in [5.74, 6) is 0.109. The van der Waals surface area contributed by atoms with Crippen molar-refractivity contribution in [3.05, 3.63) is 82.6 Å². The molecule has 0 saturated carbocycles. The first kappa shape index (κ1) is 12.3. The van der Waals surface area contributed by atoms with E-state index in [1.165, 1.54) is 11.3 Å². The summed E-state index contributed by atoms with van der Waals surface area (Å²) in [6.07, 6.45) is 0. The molecule has 0 unspecified atom stereocenters. The third-order valence-corrected chi connectivity index (χ3v) is 4.61. The quantitative estimate of drug-likeness (QED) is 0.362. The second-order valence-electron chi connectivity index (χ2n) is 5.00. The zero-order chi connectivity index (χ0) is 14.2. The van der Waals surface area contributed by atoms with E-state index in [2.05, 4.69) is 18.2 Å². The van der Waals surface area contributed by atoms with Crippen molar-refractivity contribution >= 4 is 38.7 Å². The summed E-state index contributed by atoms with van der Waals surface area (Å²) < 4.78 is 0. The molecule has 0 N–H and O–H groups in total. The van der Waals surface area contributed by atoms with Crippen LogP contribution in [0.15, 0.2) is 72.1 Å². The number of hydrogen-bond acceptors (Lipinski definition) is 2. The molecule has 0 amide bonds. The van der Waals surface area contributed by atoms with E-state index in [0.29, 0.717) is 0 Å². The Morgan fingerprint density at radius 2 is 1.38 bits per heavy atom. The first-order valence-corrected chi connectivity index (χ1v) is 7.71. The van der Waals surface area contributed by atoms with E-state index in [4.69, 9.17) is 0 Å². The van der Waals surface area contributed by atoms with E-state index in [1.807, 2.05) is 53.9 Å². The highest BCUT2D eigenvalue weighted by molar-refractivity contribution is 7.12. The largest absolute Gasteiger partial charge is 0.288 e. The van der Waals surface area contributed by atoms with Gasteiger partial charge in [-0.1, -0.05) is 54.6 Å². The zero-order valence-corrected chi connectivity index (χ0v) is 12.1. The van der Waals surface area contributed by atoms with E-state index in [1.54, 1.807) is 0 Å². The Hall–Kier alpha value is -2.45. The van der Waals surface area contributed by atoms with Crippen molar-refractivity contribution < 1.29 is 4.79 Å². The molecule has 4 aromatic rings. The van der Waals surface area contributed by atoms with Crippen molar-refractivity contribution in [2.75, 3.05) is 0 Å². The number of benzene rings is 3. The first-order valence-electron chi connectivity index (χ1n) is 6.83.